The highest BCUT2D eigenvalue weighted by atomic mass is 28.2. The molecule has 0 saturated heterocycles. The quantitative estimate of drug-likeness (QED) is 0.107. The second kappa shape index (κ2) is 16.1. The molecule has 1 heteroatoms. The molecule has 6 rings (SSSR count). The minimum absolute atomic E-state index is 0.283. The summed E-state index contributed by atoms with van der Waals surface area (Å²) in [6, 6.07) is 35.9. The molecule has 2 unspecified atom stereocenters. The van der Waals surface area contributed by atoms with Crippen molar-refractivity contribution in [2.24, 2.45) is 0 Å². The van der Waals surface area contributed by atoms with Crippen LogP contribution in [0.1, 0.15) is 124 Å². The standard InChI is InChI=1S/C46H56Si/c1-5-9-15-33-21-25-35(26-22-33)39-17-11-19-41-43(39)29-37(13-7-3)45(41)31-47-32-46-38(14-8-4)30-44-40(18-12-20-42(44)46)36-27-23-34(24-28-36)16-10-6-2/h11-12,17-30,45-46H,5-10,13-16,31-32,47H2,1-4H3. The zero-order valence-corrected chi connectivity index (χ0v) is 31.0. The van der Waals surface area contributed by atoms with Crippen LogP contribution in [0.2, 0.25) is 12.1 Å². The normalized spacial score (nSPS) is 16.9. The molecule has 0 aromatic heterocycles. The van der Waals surface area contributed by atoms with Gasteiger partial charge in [0.05, 0.1) is 0 Å². The van der Waals surface area contributed by atoms with E-state index in [9.17, 15) is 0 Å². The molecule has 0 radical (unpaired) electrons. The Hall–Kier alpha value is -3.42. The molecule has 0 fully saturated rings. The molecular formula is C46H56Si. The van der Waals surface area contributed by atoms with Crippen LogP contribution in [0.25, 0.3) is 34.4 Å². The lowest BCUT2D eigenvalue weighted by Crippen LogP contribution is -2.08. The number of hydrogen-bond acceptors (Lipinski definition) is 0. The van der Waals surface area contributed by atoms with Gasteiger partial charge >= 0.3 is 0 Å². The number of aryl methyl sites for hydroxylation is 2. The topological polar surface area (TPSA) is 0 Å². The number of fused-ring (bicyclic) bond motifs is 2. The van der Waals surface area contributed by atoms with Gasteiger partial charge in [0.15, 0.2) is 0 Å². The van der Waals surface area contributed by atoms with Gasteiger partial charge in [-0.05, 0) is 94.2 Å². The summed E-state index contributed by atoms with van der Waals surface area (Å²) in [5.74, 6) is 1.22. The Labute approximate surface area is 288 Å². The van der Waals surface area contributed by atoms with Crippen LogP contribution >= 0.6 is 0 Å². The van der Waals surface area contributed by atoms with E-state index < -0.39 is 0 Å². The number of benzene rings is 4. The maximum atomic E-state index is 2.59. The highest BCUT2D eigenvalue weighted by Crippen LogP contribution is 2.47. The van der Waals surface area contributed by atoms with Gasteiger partial charge in [0.1, 0.15) is 0 Å². The van der Waals surface area contributed by atoms with Crippen molar-refractivity contribution in [2.45, 2.75) is 116 Å². The molecule has 2 atom stereocenters. The molecule has 244 valence electrons. The van der Waals surface area contributed by atoms with Crippen LogP contribution in [0, 0.1) is 0 Å². The molecule has 4 aromatic carbocycles. The lowest BCUT2D eigenvalue weighted by Gasteiger charge is -2.21. The first-order valence-corrected chi connectivity index (χ1v) is 21.0. The minimum Gasteiger partial charge on any atom is -0.0654 e. The van der Waals surface area contributed by atoms with E-state index in [0.717, 1.165) is 0 Å². The summed E-state index contributed by atoms with van der Waals surface area (Å²) >= 11 is 0. The summed E-state index contributed by atoms with van der Waals surface area (Å²) in [5.41, 5.74) is 18.1. The van der Waals surface area contributed by atoms with Crippen molar-refractivity contribution < 1.29 is 0 Å². The van der Waals surface area contributed by atoms with Gasteiger partial charge in [0.25, 0.3) is 0 Å². The number of allylic oxidation sites excluding steroid dienone is 2. The first-order valence-electron chi connectivity index (χ1n) is 19.0. The number of hydrogen-bond donors (Lipinski definition) is 0. The predicted molar refractivity (Wildman–Crippen MR) is 210 cm³/mol. The fourth-order valence-electron chi connectivity index (χ4n) is 8.31. The van der Waals surface area contributed by atoms with Crippen LogP contribution in [0.15, 0.2) is 96.1 Å². The van der Waals surface area contributed by atoms with Crippen molar-refractivity contribution in [1.82, 2.24) is 0 Å². The van der Waals surface area contributed by atoms with Gasteiger partial charge in [0.2, 0.25) is 0 Å². The average Bonchev–Trinajstić information content (AvgIpc) is 3.64. The van der Waals surface area contributed by atoms with Crippen LogP contribution in [-0.4, -0.2) is 9.52 Å². The van der Waals surface area contributed by atoms with Crippen molar-refractivity contribution in [3.63, 3.8) is 0 Å². The van der Waals surface area contributed by atoms with E-state index in [4.69, 9.17) is 0 Å². The molecule has 0 saturated carbocycles. The van der Waals surface area contributed by atoms with E-state index >= 15 is 0 Å². The number of unbranched alkanes of at least 4 members (excludes halogenated alkanes) is 2. The molecule has 0 heterocycles. The molecule has 2 aliphatic carbocycles. The summed E-state index contributed by atoms with van der Waals surface area (Å²) in [6.45, 7) is 9.25. The Morgan fingerprint density at radius 1 is 0.468 bits per heavy atom. The molecule has 0 nitrogen and oxygen atoms in total. The number of rotatable bonds is 16. The lowest BCUT2D eigenvalue weighted by atomic mass is 9.91. The van der Waals surface area contributed by atoms with Crippen LogP contribution in [0.3, 0.4) is 0 Å². The molecule has 0 N–H and O–H groups in total. The Bertz CT molecular complexity index is 1560. The maximum Gasteiger partial charge on any atom is 0.0218 e. The van der Waals surface area contributed by atoms with Gasteiger partial charge in [-0.15, -0.1) is 0 Å². The van der Waals surface area contributed by atoms with E-state index in [-0.39, 0.29) is 9.52 Å². The molecule has 0 bridgehead atoms. The van der Waals surface area contributed by atoms with Gasteiger partial charge < -0.3 is 0 Å². The van der Waals surface area contributed by atoms with E-state index in [0.29, 0.717) is 11.8 Å². The van der Waals surface area contributed by atoms with Crippen molar-refractivity contribution >= 4 is 21.7 Å². The van der Waals surface area contributed by atoms with Crippen molar-refractivity contribution in [2.75, 3.05) is 0 Å². The Morgan fingerprint density at radius 3 is 1.28 bits per heavy atom. The fourth-order valence-corrected chi connectivity index (χ4v) is 10.7. The SMILES string of the molecule is CCCCc1ccc(-c2cccc3c2C=C(CCC)C3C[SiH2]CC2C(CCC)=Cc3c(-c4ccc(CCCC)cc4)cccc32)cc1. The van der Waals surface area contributed by atoms with Gasteiger partial charge in [-0.25, -0.2) is 0 Å². The first kappa shape index (κ1) is 33.5. The summed E-state index contributed by atoms with van der Waals surface area (Å²) < 4.78 is 0. The third kappa shape index (κ3) is 7.52. The summed E-state index contributed by atoms with van der Waals surface area (Å²) in [7, 11) is -0.283. The summed E-state index contributed by atoms with van der Waals surface area (Å²) in [4.78, 5) is 0. The van der Waals surface area contributed by atoms with Crippen molar-refractivity contribution in [3.8, 4) is 22.3 Å². The van der Waals surface area contributed by atoms with Gasteiger partial charge in [0, 0.05) is 21.4 Å². The molecule has 47 heavy (non-hydrogen) atoms. The zero-order chi connectivity index (χ0) is 32.6. The van der Waals surface area contributed by atoms with Gasteiger partial charge in [-0.3, -0.25) is 0 Å². The van der Waals surface area contributed by atoms with Crippen LogP contribution in [-0.2, 0) is 12.8 Å². The van der Waals surface area contributed by atoms with E-state index in [2.05, 4.69) is 125 Å². The highest BCUT2D eigenvalue weighted by Gasteiger charge is 2.29. The van der Waals surface area contributed by atoms with E-state index in [1.54, 1.807) is 22.3 Å². The van der Waals surface area contributed by atoms with Crippen molar-refractivity contribution in [1.29, 1.82) is 0 Å². The zero-order valence-electron chi connectivity index (χ0n) is 29.6. The summed E-state index contributed by atoms with van der Waals surface area (Å²) in [6.07, 6.45) is 17.5. The Kier molecular flexibility index (Phi) is 11.5. The maximum absolute atomic E-state index is 2.59. The monoisotopic (exact) mass is 636 g/mol. The van der Waals surface area contributed by atoms with Gasteiger partial charge in [-0.1, -0.05) is 174 Å². The van der Waals surface area contributed by atoms with E-state index in [1.165, 1.54) is 121 Å². The summed E-state index contributed by atoms with van der Waals surface area (Å²) in [5, 5.41) is 0. The predicted octanol–water partition coefficient (Wildman–Crippen LogP) is 13.0. The van der Waals surface area contributed by atoms with Crippen molar-refractivity contribution in [3.05, 3.63) is 129 Å². The molecule has 4 aromatic rings. The second-order valence-electron chi connectivity index (χ2n) is 14.2. The third-order valence-electron chi connectivity index (χ3n) is 10.8. The van der Waals surface area contributed by atoms with Crippen LogP contribution < -0.4 is 0 Å². The molecule has 0 aliphatic heterocycles. The van der Waals surface area contributed by atoms with Gasteiger partial charge in [-0.2, -0.15) is 0 Å². The van der Waals surface area contributed by atoms with Crippen LogP contribution in [0.4, 0.5) is 0 Å². The second-order valence-corrected chi connectivity index (χ2v) is 16.1. The molecule has 0 amide bonds. The first-order chi connectivity index (χ1) is 23.1. The molecular weight excluding hydrogens is 581 g/mol. The Morgan fingerprint density at radius 2 is 0.894 bits per heavy atom. The van der Waals surface area contributed by atoms with E-state index in [1.807, 2.05) is 0 Å². The fraction of sp³-hybridized carbons (Fsp3) is 0.391. The lowest BCUT2D eigenvalue weighted by molar-refractivity contribution is 0.781. The highest BCUT2D eigenvalue weighted by molar-refractivity contribution is 6.36. The minimum atomic E-state index is -0.283. The third-order valence-corrected chi connectivity index (χ3v) is 12.8. The van der Waals surface area contributed by atoms with Crippen LogP contribution in [0.5, 0.6) is 0 Å². The Balaban J connectivity index is 1.20. The average molecular weight is 637 g/mol. The molecule has 0 spiro atoms. The smallest absolute Gasteiger partial charge is 0.0218 e. The molecule has 2 aliphatic rings. The largest absolute Gasteiger partial charge is 0.0654 e.